The van der Waals surface area contributed by atoms with Gasteiger partial charge in [-0.1, -0.05) is 18.2 Å². The number of nitrogens with one attached hydrogen (secondary N) is 2. The van der Waals surface area contributed by atoms with E-state index < -0.39 is 0 Å². The van der Waals surface area contributed by atoms with E-state index in [0.29, 0.717) is 19.1 Å². The largest absolute Gasteiger partial charge is 0.488 e. The Balaban J connectivity index is 0.00000176. The van der Waals surface area contributed by atoms with Crippen LogP contribution in [0.2, 0.25) is 0 Å². The highest BCUT2D eigenvalue weighted by Crippen LogP contribution is 2.27. The van der Waals surface area contributed by atoms with E-state index in [4.69, 9.17) is 4.74 Å². The van der Waals surface area contributed by atoms with Crippen molar-refractivity contribution in [2.24, 2.45) is 0 Å². The number of piperazine rings is 1. The van der Waals surface area contributed by atoms with E-state index in [1.807, 2.05) is 18.2 Å². The summed E-state index contributed by atoms with van der Waals surface area (Å²) in [4.78, 5) is 14.3. The minimum Gasteiger partial charge on any atom is -0.488 e. The van der Waals surface area contributed by atoms with Crippen molar-refractivity contribution in [2.75, 3.05) is 32.7 Å². The second-order valence-electron chi connectivity index (χ2n) is 5.88. The minimum atomic E-state index is 0. The van der Waals surface area contributed by atoms with Gasteiger partial charge in [-0.3, -0.25) is 9.69 Å². The molecule has 0 aliphatic carbocycles. The molecule has 2 aliphatic heterocycles. The molecular weight excluding hydrogens is 302 g/mol. The highest BCUT2D eigenvalue weighted by Gasteiger charge is 2.24. The number of ether oxygens (including phenoxy) is 1. The van der Waals surface area contributed by atoms with Crippen LogP contribution in [0.1, 0.15) is 12.5 Å². The summed E-state index contributed by atoms with van der Waals surface area (Å²) in [6.45, 7) is 6.04. The lowest BCUT2D eigenvalue weighted by Crippen LogP contribution is -2.53. The second kappa shape index (κ2) is 7.81. The van der Waals surface area contributed by atoms with Gasteiger partial charge in [0.1, 0.15) is 11.9 Å². The van der Waals surface area contributed by atoms with Crippen molar-refractivity contribution < 1.29 is 9.53 Å². The molecule has 1 fully saturated rings. The van der Waals surface area contributed by atoms with Crippen molar-refractivity contribution in [3.63, 3.8) is 0 Å². The number of para-hydroxylation sites is 1. The third-order valence-corrected chi connectivity index (χ3v) is 4.23. The number of hydrogen-bond donors (Lipinski definition) is 2. The number of rotatable bonds is 4. The highest BCUT2D eigenvalue weighted by molar-refractivity contribution is 5.85. The van der Waals surface area contributed by atoms with E-state index in [-0.39, 0.29) is 24.4 Å². The average molecular weight is 326 g/mol. The smallest absolute Gasteiger partial charge is 0.234 e. The Morgan fingerprint density at radius 1 is 1.45 bits per heavy atom. The summed E-state index contributed by atoms with van der Waals surface area (Å²) in [5, 5.41) is 6.33. The molecule has 0 radical (unpaired) electrons. The lowest BCUT2D eigenvalue weighted by Gasteiger charge is -2.33. The summed E-state index contributed by atoms with van der Waals surface area (Å²) >= 11 is 0. The molecule has 3 rings (SSSR count). The molecule has 0 aromatic heterocycles. The van der Waals surface area contributed by atoms with E-state index in [0.717, 1.165) is 31.8 Å². The minimum absolute atomic E-state index is 0. The molecule has 22 heavy (non-hydrogen) atoms. The molecule has 2 aliphatic rings. The zero-order valence-corrected chi connectivity index (χ0v) is 13.7. The molecule has 1 amide bonds. The molecule has 2 atom stereocenters. The first-order valence-electron chi connectivity index (χ1n) is 7.68. The van der Waals surface area contributed by atoms with Gasteiger partial charge in [-0.25, -0.2) is 0 Å². The van der Waals surface area contributed by atoms with E-state index in [1.165, 1.54) is 5.56 Å². The number of carbonyl (C=O) groups excluding carboxylic acids is 1. The predicted octanol–water partition coefficient (Wildman–Crippen LogP) is 0.822. The molecule has 1 saturated heterocycles. The summed E-state index contributed by atoms with van der Waals surface area (Å²) < 4.78 is 5.83. The van der Waals surface area contributed by atoms with Gasteiger partial charge in [-0.15, -0.1) is 12.4 Å². The monoisotopic (exact) mass is 325 g/mol. The Morgan fingerprint density at radius 3 is 3.05 bits per heavy atom. The second-order valence-corrected chi connectivity index (χ2v) is 5.88. The van der Waals surface area contributed by atoms with Crippen LogP contribution in [0.5, 0.6) is 5.75 Å². The van der Waals surface area contributed by atoms with Gasteiger partial charge in [0.05, 0.1) is 13.1 Å². The van der Waals surface area contributed by atoms with Crippen molar-refractivity contribution in [3.8, 4) is 5.75 Å². The maximum atomic E-state index is 12.1. The summed E-state index contributed by atoms with van der Waals surface area (Å²) in [6, 6.07) is 8.48. The normalized spacial score (nSPS) is 24.0. The number of carbonyl (C=O) groups is 1. The van der Waals surface area contributed by atoms with Crippen LogP contribution >= 0.6 is 12.4 Å². The Bertz CT molecular complexity index is 487. The predicted molar refractivity (Wildman–Crippen MR) is 88.7 cm³/mol. The van der Waals surface area contributed by atoms with E-state index in [2.05, 4.69) is 28.5 Å². The number of halogens is 1. The standard InChI is InChI=1S/C16H23N3O2.ClH/c1-12-9-17-6-7-19(12)11-16(20)18-10-14-8-13-4-2-3-5-15(13)21-14;/h2-5,12,14,17H,6-11H2,1H3,(H,18,20);1H/t12-,14?;/m1./s1. The van der Waals surface area contributed by atoms with Gasteiger partial charge in [-0.2, -0.15) is 0 Å². The van der Waals surface area contributed by atoms with Gasteiger partial charge in [0.2, 0.25) is 5.91 Å². The van der Waals surface area contributed by atoms with Gasteiger partial charge in [-0.05, 0) is 18.6 Å². The van der Waals surface area contributed by atoms with Gasteiger partial charge < -0.3 is 15.4 Å². The van der Waals surface area contributed by atoms with Crippen LogP contribution in [0.4, 0.5) is 0 Å². The van der Waals surface area contributed by atoms with Crippen molar-refractivity contribution in [1.82, 2.24) is 15.5 Å². The molecule has 2 N–H and O–H groups in total. The number of hydrogen-bond acceptors (Lipinski definition) is 4. The Morgan fingerprint density at radius 2 is 2.27 bits per heavy atom. The third kappa shape index (κ3) is 4.12. The molecule has 1 aromatic rings. The number of fused-ring (bicyclic) bond motifs is 1. The summed E-state index contributed by atoms with van der Waals surface area (Å²) in [7, 11) is 0. The summed E-state index contributed by atoms with van der Waals surface area (Å²) in [6.07, 6.45) is 0.937. The number of amides is 1. The van der Waals surface area contributed by atoms with Crippen molar-refractivity contribution in [3.05, 3.63) is 29.8 Å². The zero-order valence-electron chi connectivity index (χ0n) is 12.9. The first-order chi connectivity index (χ1) is 10.2. The fraction of sp³-hybridized carbons (Fsp3) is 0.562. The maximum Gasteiger partial charge on any atom is 0.234 e. The van der Waals surface area contributed by atoms with Gasteiger partial charge in [0.15, 0.2) is 0 Å². The van der Waals surface area contributed by atoms with Crippen LogP contribution in [0, 0.1) is 0 Å². The molecule has 0 spiro atoms. The zero-order chi connectivity index (χ0) is 14.7. The summed E-state index contributed by atoms with van der Waals surface area (Å²) in [5.41, 5.74) is 1.23. The molecule has 0 saturated carbocycles. The molecule has 5 nitrogen and oxygen atoms in total. The van der Waals surface area contributed by atoms with Crippen LogP contribution in [0.3, 0.4) is 0 Å². The highest BCUT2D eigenvalue weighted by atomic mass is 35.5. The SMILES string of the molecule is C[C@@H]1CNCCN1CC(=O)NCC1Cc2ccccc2O1.Cl. The summed E-state index contributed by atoms with van der Waals surface area (Å²) in [5.74, 6) is 1.04. The Kier molecular flexibility index (Phi) is 6.06. The van der Waals surface area contributed by atoms with E-state index >= 15 is 0 Å². The van der Waals surface area contributed by atoms with Gasteiger partial charge in [0.25, 0.3) is 0 Å². The maximum absolute atomic E-state index is 12.1. The van der Waals surface area contributed by atoms with Crippen molar-refractivity contribution >= 4 is 18.3 Å². The van der Waals surface area contributed by atoms with Crippen molar-refractivity contribution in [2.45, 2.75) is 25.5 Å². The van der Waals surface area contributed by atoms with E-state index in [1.54, 1.807) is 0 Å². The molecule has 6 heteroatoms. The van der Waals surface area contributed by atoms with E-state index in [9.17, 15) is 4.79 Å². The molecule has 122 valence electrons. The Labute approximate surface area is 137 Å². The van der Waals surface area contributed by atoms with Crippen molar-refractivity contribution in [1.29, 1.82) is 0 Å². The number of nitrogens with zero attached hydrogens (tertiary/aromatic N) is 1. The fourth-order valence-electron chi connectivity index (χ4n) is 2.95. The molecule has 2 heterocycles. The van der Waals surface area contributed by atoms with Crippen LogP contribution in [0.15, 0.2) is 24.3 Å². The fourth-order valence-corrected chi connectivity index (χ4v) is 2.95. The quantitative estimate of drug-likeness (QED) is 0.860. The topological polar surface area (TPSA) is 53.6 Å². The first kappa shape index (κ1) is 17.1. The lowest BCUT2D eigenvalue weighted by atomic mass is 10.1. The van der Waals surface area contributed by atoms with Crippen LogP contribution in [-0.4, -0.2) is 55.7 Å². The molecule has 1 unspecified atom stereocenters. The first-order valence-corrected chi connectivity index (χ1v) is 7.68. The number of benzene rings is 1. The van der Waals surface area contributed by atoms with Gasteiger partial charge in [0, 0.05) is 32.1 Å². The third-order valence-electron chi connectivity index (χ3n) is 4.23. The van der Waals surface area contributed by atoms with Crippen LogP contribution < -0.4 is 15.4 Å². The molecule has 0 bridgehead atoms. The average Bonchev–Trinajstić information content (AvgIpc) is 2.90. The van der Waals surface area contributed by atoms with Gasteiger partial charge >= 0.3 is 0 Å². The molecule has 1 aromatic carbocycles. The molecular formula is C16H24ClN3O2. The van der Waals surface area contributed by atoms with Crippen LogP contribution in [-0.2, 0) is 11.2 Å². The van der Waals surface area contributed by atoms with Crippen LogP contribution in [0.25, 0.3) is 0 Å². The Hall–Kier alpha value is -1.30. The lowest BCUT2D eigenvalue weighted by molar-refractivity contribution is -0.123.